The van der Waals surface area contributed by atoms with Crippen molar-refractivity contribution in [3.8, 4) is 0 Å². The summed E-state index contributed by atoms with van der Waals surface area (Å²) in [6, 6.07) is 0. The largest absolute Gasteiger partial charge is 0.354 e. The summed E-state index contributed by atoms with van der Waals surface area (Å²) in [5.41, 5.74) is -0.119. The van der Waals surface area contributed by atoms with E-state index in [4.69, 9.17) is 0 Å². The van der Waals surface area contributed by atoms with Crippen LogP contribution < -0.4 is 10.5 Å². The van der Waals surface area contributed by atoms with Gasteiger partial charge in [-0.25, -0.2) is 4.98 Å². The summed E-state index contributed by atoms with van der Waals surface area (Å²) in [7, 11) is 1.91. The van der Waals surface area contributed by atoms with E-state index in [2.05, 4.69) is 14.9 Å². The lowest BCUT2D eigenvalue weighted by Crippen LogP contribution is -2.34. The second-order valence-corrected chi connectivity index (χ2v) is 4.21. The topological polar surface area (TPSA) is 52.2 Å². The molecule has 1 aromatic heterocycles. The summed E-state index contributed by atoms with van der Waals surface area (Å²) in [4.78, 5) is 22.5. The number of hydrogen-bond acceptors (Lipinski definition) is 4. The number of rotatable bonds is 4. The van der Waals surface area contributed by atoms with E-state index in [1.807, 2.05) is 11.9 Å². The monoisotopic (exact) mass is 222 g/mol. The first-order chi connectivity index (χ1) is 7.77. The number of aromatic nitrogens is 2. The highest BCUT2D eigenvalue weighted by Crippen LogP contribution is 2.07. The van der Waals surface area contributed by atoms with Crippen molar-refractivity contribution in [2.24, 2.45) is 0 Å². The molecule has 0 atom stereocenters. The molecule has 5 heteroatoms. The molecule has 0 aromatic carbocycles. The molecule has 0 spiro atoms. The van der Waals surface area contributed by atoms with Crippen LogP contribution in [0.25, 0.3) is 0 Å². The van der Waals surface area contributed by atoms with E-state index in [9.17, 15) is 4.79 Å². The van der Waals surface area contributed by atoms with Gasteiger partial charge >= 0.3 is 0 Å². The molecule has 1 saturated heterocycles. The average molecular weight is 222 g/mol. The van der Waals surface area contributed by atoms with Gasteiger partial charge < -0.3 is 14.8 Å². The Labute approximate surface area is 95.1 Å². The third-order valence-electron chi connectivity index (χ3n) is 3.00. The summed E-state index contributed by atoms with van der Waals surface area (Å²) in [5.74, 6) is 0.502. The molecule has 2 rings (SSSR count). The fourth-order valence-electron chi connectivity index (χ4n) is 2.02. The Hall–Kier alpha value is -1.36. The van der Waals surface area contributed by atoms with Crippen molar-refractivity contribution in [3.05, 3.63) is 22.7 Å². The molecular formula is C11H18N4O. The third-order valence-corrected chi connectivity index (χ3v) is 3.00. The van der Waals surface area contributed by atoms with E-state index >= 15 is 0 Å². The Kier molecular flexibility index (Phi) is 3.56. The average Bonchev–Trinajstić information content (AvgIpc) is 2.79. The van der Waals surface area contributed by atoms with Gasteiger partial charge in [0.05, 0.1) is 0 Å². The Morgan fingerprint density at radius 1 is 1.50 bits per heavy atom. The molecule has 2 heterocycles. The smallest absolute Gasteiger partial charge is 0.290 e. The number of aromatic amines is 1. The molecule has 0 aliphatic carbocycles. The van der Waals surface area contributed by atoms with Crippen LogP contribution in [0.3, 0.4) is 0 Å². The first kappa shape index (κ1) is 11.1. The maximum absolute atomic E-state index is 11.5. The van der Waals surface area contributed by atoms with E-state index < -0.39 is 0 Å². The van der Waals surface area contributed by atoms with E-state index in [1.165, 1.54) is 25.9 Å². The zero-order valence-corrected chi connectivity index (χ0v) is 9.65. The molecule has 1 aliphatic rings. The van der Waals surface area contributed by atoms with Gasteiger partial charge in [0.1, 0.15) is 0 Å². The van der Waals surface area contributed by atoms with Gasteiger partial charge in [0.25, 0.3) is 5.56 Å². The highest BCUT2D eigenvalue weighted by atomic mass is 16.1. The molecule has 0 unspecified atom stereocenters. The van der Waals surface area contributed by atoms with Gasteiger partial charge in [-0.1, -0.05) is 0 Å². The van der Waals surface area contributed by atoms with Gasteiger partial charge in [0.2, 0.25) is 0 Å². The summed E-state index contributed by atoms with van der Waals surface area (Å²) < 4.78 is 0. The molecule has 5 nitrogen and oxygen atoms in total. The molecule has 0 bridgehead atoms. The van der Waals surface area contributed by atoms with Crippen LogP contribution in [0.5, 0.6) is 0 Å². The number of likely N-dealkylation sites (tertiary alicyclic amines) is 1. The van der Waals surface area contributed by atoms with Crippen molar-refractivity contribution in [1.82, 2.24) is 14.9 Å². The van der Waals surface area contributed by atoms with Crippen LogP contribution in [-0.2, 0) is 0 Å². The van der Waals surface area contributed by atoms with Gasteiger partial charge in [0.15, 0.2) is 5.82 Å². The fraction of sp³-hybridized carbons (Fsp3) is 0.636. The molecule has 16 heavy (non-hydrogen) atoms. The van der Waals surface area contributed by atoms with Crippen molar-refractivity contribution in [3.63, 3.8) is 0 Å². The number of nitrogens with zero attached hydrogens (tertiary/aromatic N) is 3. The zero-order chi connectivity index (χ0) is 11.4. The van der Waals surface area contributed by atoms with Gasteiger partial charge in [-0.05, 0) is 25.9 Å². The van der Waals surface area contributed by atoms with Crippen molar-refractivity contribution < 1.29 is 0 Å². The standard InChI is InChI=1S/C11H18N4O/c1-14(8-9-15-6-2-3-7-15)10-11(16)13-5-4-12-10/h4-5H,2-3,6-9H2,1H3,(H,13,16). The summed E-state index contributed by atoms with van der Waals surface area (Å²) in [6.07, 6.45) is 5.77. The SMILES string of the molecule is CN(CCN1CCCC1)c1ncc[nH]c1=O. The number of likely N-dealkylation sites (N-methyl/N-ethyl adjacent to an activating group) is 1. The van der Waals surface area contributed by atoms with Crippen LogP contribution >= 0.6 is 0 Å². The molecule has 1 fully saturated rings. The molecule has 1 N–H and O–H groups in total. The van der Waals surface area contributed by atoms with Gasteiger partial charge in [-0.3, -0.25) is 4.79 Å². The molecule has 0 amide bonds. The minimum atomic E-state index is -0.119. The van der Waals surface area contributed by atoms with Gasteiger partial charge in [-0.15, -0.1) is 0 Å². The van der Waals surface area contributed by atoms with Crippen LogP contribution in [0.15, 0.2) is 17.2 Å². The van der Waals surface area contributed by atoms with Crippen LogP contribution in [0.2, 0.25) is 0 Å². The van der Waals surface area contributed by atoms with Crippen molar-refractivity contribution in [1.29, 1.82) is 0 Å². The summed E-state index contributed by atoms with van der Waals surface area (Å²) in [6.45, 7) is 4.23. The lowest BCUT2D eigenvalue weighted by Gasteiger charge is -2.21. The van der Waals surface area contributed by atoms with Crippen molar-refractivity contribution in [2.45, 2.75) is 12.8 Å². The highest BCUT2D eigenvalue weighted by Gasteiger charge is 2.13. The highest BCUT2D eigenvalue weighted by molar-refractivity contribution is 5.33. The normalized spacial score (nSPS) is 16.6. The molecular weight excluding hydrogens is 204 g/mol. The molecule has 88 valence electrons. The van der Waals surface area contributed by atoms with Gasteiger partial charge in [0, 0.05) is 32.5 Å². The summed E-state index contributed by atoms with van der Waals surface area (Å²) in [5, 5.41) is 0. The van der Waals surface area contributed by atoms with E-state index in [0.717, 1.165) is 13.1 Å². The Morgan fingerprint density at radius 2 is 2.25 bits per heavy atom. The zero-order valence-electron chi connectivity index (χ0n) is 9.65. The Balaban J connectivity index is 1.90. The fourth-order valence-corrected chi connectivity index (χ4v) is 2.02. The van der Waals surface area contributed by atoms with Crippen LogP contribution in [0.1, 0.15) is 12.8 Å². The number of hydrogen-bond donors (Lipinski definition) is 1. The maximum atomic E-state index is 11.5. The Bertz CT molecular complexity index is 384. The lowest BCUT2D eigenvalue weighted by molar-refractivity contribution is 0.346. The minimum Gasteiger partial charge on any atom is -0.354 e. The molecule has 0 radical (unpaired) electrons. The van der Waals surface area contributed by atoms with E-state index in [1.54, 1.807) is 12.4 Å². The molecule has 1 aliphatic heterocycles. The Morgan fingerprint density at radius 3 is 2.94 bits per heavy atom. The first-order valence-corrected chi connectivity index (χ1v) is 5.74. The minimum absolute atomic E-state index is 0.119. The predicted octanol–water partition coefficient (Wildman–Crippen LogP) is 0.302. The predicted molar refractivity (Wildman–Crippen MR) is 63.8 cm³/mol. The lowest BCUT2D eigenvalue weighted by atomic mass is 10.4. The second kappa shape index (κ2) is 5.12. The molecule has 1 aromatic rings. The van der Waals surface area contributed by atoms with Crippen LogP contribution in [-0.4, -0.2) is 48.1 Å². The summed E-state index contributed by atoms with van der Waals surface area (Å²) >= 11 is 0. The number of anilines is 1. The van der Waals surface area contributed by atoms with Crippen LogP contribution in [0.4, 0.5) is 5.82 Å². The van der Waals surface area contributed by atoms with Crippen molar-refractivity contribution in [2.75, 3.05) is 38.1 Å². The number of H-pyrrole nitrogens is 1. The molecule has 0 saturated carbocycles. The van der Waals surface area contributed by atoms with Crippen molar-refractivity contribution >= 4 is 5.82 Å². The quantitative estimate of drug-likeness (QED) is 0.796. The van der Waals surface area contributed by atoms with Gasteiger partial charge in [-0.2, -0.15) is 0 Å². The van der Waals surface area contributed by atoms with Crippen LogP contribution in [0, 0.1) is 0 Å². The third kappa shape index (κ3) is 2.61. The van der Waals surface area contributed by atoms with E-state index in [0.29, 0.717) is 5.82 Å². The first-order valence-electron chi connectivity index (χ1n) is 5.74. The maximum Gasteiger partial charge on any atom is 0.290 e. The van der Waals surface area contributed by atoms with E-state index in [-0.39, 0.29) is 5.56 Å². The second-order valence-electron chi connectivity index (χ2n) is 4.21. The number of nitrogens with one attached hydrogen (secondary N) is 1.